The molecule has 0 aromatic heterocycles. The van der Waals surface area contributed by atoms with Gasteiger partial charge >= 0.3 is 0 Å². The zero-order chi connectivity index (χ0) is 13.8. The van der Waals surface area contributed by atoms with Gasteiger partial charge in [-0.3, -0.25) is 0 Å². The third kappa shape index (κ3) is 6.40. The molecule has 0 spiro atoms. The second kappa shape index (κ2) is 7.78. The van der Waals surface area contributed by atoms with Gasteiger partial charge in [-0.15, -0.1) is 12.4 Å². The third-order valence-corrected chi connectivity index (χ3v) is 5.22. The molecule has 1 heterocycles. The second-order valence-corrected chi connectivity index (χ2v) is 8.01. The fourth-order valence-electron chi connectivity index (χ4n) is 2.07. The van der Waals surface area contributed by atoms with Gasteiger partial charge in [-0.25, -0.2) is 12.7 Å². The van der Waals surface area contributed by atoms with Crippen LogP contribution in [-0.4, -0.2) is 51.3 Å². The van der Waals surface area contributed by atoms with Crippen LogP contribution in [0.5, 0.6) is 0 Å². The van der Waals surface area contributed by atoms with Gasteiger partial charge in [0.25, 0.3) is 0 Å². The van der Waals surface area contributed by atoms with Crippen molar-refractivity contribution in [3.8, 4) is 0 Å². The molecular formula is C12H27ClN2O3S. The van der Waals surface area contributed by atoms with Crippen molar-refractivity contribution in [2.75, 3.05) is 32.5 Å². The maximum absolute atomic E-state index is 12.2. The summed E-state index contributed by atoms with van der Waals surface area (Å²) in [4.78, 5) is 0. The Morgan fingerprint density at radius 2 is 2.00 bits per heavy atom. The molecule has 0 aliphatic carbocycles. The number of rotatable bonds is 6. The van der Waals surface area contributed by atoms with Crippen molar-refractivity contribution in [1.29, 1.82) is 0 Å². The van der Waals surface area contributed by atoms with Crippen molar-refractivity contribution in [3.63, 3.8) is 0 Å². The van der Waals surface area contributed by atoms with Gasteiger partial charge in [0.1, 0.15) is 0 Å². The molecular weight excluding hydrogens is 288 g/mol. The Balaban J connectivity index is 0.00000324. The molecule has 1 rings (SSSR count). The Labute approximate surface area is 123 Å². The zero-order valence-electron chi connectivity index (χ0n) is 12.1. The average Bonchev–Trinajstić information content (AvgIpc) is 2.29. The van der Waals surface area contributed by atoms with Gasteiger partial charge in [0.2, 0.25) is 10.0 Å². The minimum atomic E-state index is -3.25. The normalized spacial score (nSPS) is 21.2. The van der Waals surface area contributed by atoms with E-state index in [9.17, 15) is 8.42 Å². The average molecular weight is 315 g/mol. The summed E-state index contributed by atoms with van der Waals surface area (Å²) >= 11 is 0. The molecule has 1 saturated heterocycles. The minimum absolute atomic E-state index is 0. The van der Waals surface area contributed by atoms with E-state index < -0.39 is 10.0 Å². The second-order valence-electron chi connectivity index (χ2n) is 5.89. The third-order valence-electron chi connectivity index (χ3n) is 3.35. The molecule has 0 aromatic carbocycles. The molecule has 2 N–H and O–H groups in total. The van der Waals surface area contributed by atoms with E-state index in [-0.39, 0.29) is 29.7 Å². The fraction of sp³-hybridized carbons (Fsp3) is 1.00. The molecule has 116 valence electrons. The Hall–Kier alpha value is 0.120. The predicted octanol–water partition coefficient (Wildman–Crippen LogP) is 1.22. The Morgan fingerprint density at radius 1 is 1.37 bits per heavy atom. The van der Waals surface area contributed by atoms with Crippen LogP contribution >= 0.6 is 12.4 Å². The molecule has 7 heteroatoms. The SMILES string of the molecule is CN(CC(C)(C)CN)S(=O)(=O)CC1CCCCO1.Cl. The lowest BCUT2D eigenvalue weighted by molar-refractivity contribution is 0.0298. The standard InChI is InChI=1S/C12H26N2O3S.ClH/c1-12(2,9-13)10-14(3)18(15,16)8-11-6-4-5-7-17-11;/h11H,4-10,13H2,1-3H3;1H. The van der Waals surface area contributed by atoms with E-state index in [4.69, 9.17) is 10.5 Å². The van der Waals surface area contributed by atoms with E-state index in [1.54, 1.807) is 7.05 Å². The summed E-state index contributed by atoms with van der Waals surface area (Å²) < 4.78 is 31.3. The van der Waals surface area contributed by atoms with Crippen LogP contribution in [0.15, 0.2) is 0 Å². The first-order valence-electron chi connectivity index (χ1n) is 6.52. The zero-order valence-corrected chi connectivity index (χ0v) is 13.7. The molecule has 5 nitrogen and oxygen atoms in total. The van der Waals surface area contributed by atoms with Crippen LogP contribution in [0.25, 0.3) is 0 Å². The highest BCUT2D eigenvalue weighted by Gasteiger charge is 2.29. The summed E-state index contributed by atoms with van der Waals surface area (Å²) in [5, 5.41) is 0. The molecule has 0 radical (unpaired) electrons. The van der Waals surface area contributed by atoms with Crippen LogP contribution in [-0.2, 0) is 14.8 Å². The van der Waals surface area contributed by atoms with Crippen LogP contribution in [0.4, 0.5) is 0 Å². The van der Waals surface area contributed by atoms with Gasteiger partial charge in [-0.2, -0.15) is 0 Å². The van der Waals surface area contributed by atoms with E-state index in [0.717, 1.165) is 19.3 Å². The predicted molar refractivity (Wildman–Crippen MR) is 80.1 cm³/mol. The summed E-state index contributed by atoms with van der Waals surface area (Å²) in [5.41, 5.74) is 5.44. The summed E-state index contributed by atoms with van der Waals surface area (Å²) in [6, 6.07) is 0. The highest BCUT2D eigenvalue weighted by molar-refractivity contribution is 7.89. The molecule has 1 atom stereocenters. The number of nitrogens with zero attached hydrogens (tertiary/aromatic N) is 1. The highest BCUT2D eigenvalue weighted by atomic mass is 35.5. The van der Waals surface area contributed by atoms with Crippen molar-refractivity contribution in [2.24, 2.45) is 11.1 Å². The lowest BCUT2D eigenvalue weighted by atomic mass is 9.94. The molecule has 1 fully saturated rings. The highest BCUT2D eigenvalue weighted by Crippen LogP contribution is 2.19. The van der Waals surface area contributed by atoms with Crippen molar-refractivity contribution >= 4 is 22.4 Å². The molecule has 0 amide bonds. The summed E-state index contributed by atoms with van der Waals surface area (Å²) in [7, 11) is -1.63. The first-order valence-corrected chi connectivity index (χ1v) is 8.13. The molecule has 19 heavy (non-hydrogen) atoms. The number of hydrogen-bond donors (Lipinski definition) is 1. The van der Waals surface area contributed by atoms with Crippen molar-refractivity contribution in [3.05, 3.63) is 0 Å². The van der Waals surface area contributed by atoms with E-state index in [2.05, 4.69) is 0 Å². The maximum atomic E-state index is 12.2. The van der Waals surface area contributed by atoms with Crippen LogP contribution in [0.1, 0.15) is 33.1 Å². The van der Waals surface area contributed by atoms with Crippen LogP contribution in [0.3, 0.4) is 0 Å². The Bertz CT molecular complexity index is 354. The molecule has 0 aromatic rings. The number of halogens is 1. The van der Waals surface area contributed by atoms with Gasteiger partial charge in [0.15, 0.2) is 0 Å². The van der Waals surface area contributed by atoms with E-state index >= 15 is 0 Å². The molecule has 1 unspecified atom stereocenters. The Kier molecular flexibility index (Phi) is 7.83. The number of nitrogens with two attached hydrogens (primary N) is 1. The number of ether oxygens (including phenoxy) is 1. The van der Waals surface area contributed by atoms with Gasteiger partial charge in [0, 0.05) is 20.2 Å². The monoisotopic (exact) mass is 314 g/mol. The van der Waals surface area contributed by atoms with E-state index in [0.29, 0.717) is 19.7 Å². The first-order chi connectivity index (χ1) is 8.27. The topological polar surface area (TPSA) is 72.6 Å². The quantitative estimate of drug-likeness (QED) is 0.800. The van der Waals surface area contributed by atoms with Crippen LogP contribution in [0, 0.1) is 5.41 Å². The molecule has 1 aliphatic heterocycles. The Morgan fingerprint density at radius 3 is 2.47 bits per heavy atom. The first kappa shape index (κ1) is 19.1. The van der Waals surface area contributed by atoms with E-state index in [1.807, 2.05) is 13.8 Å². The molecule has 0 bridgehead atoms. The number of hydrogen-bond acceptors (Lipinski definition) is 4. The smallest absolute Gasteiger partial charge is 0.216 e. The molecule has 0 saturated carbocycles. The summed E-state index contributed by atoms with van der Waals surface area (Å²) in [5.74, 6) is 0.0875. The lowest BCUT2D eigenvalue weighted by Gasteiger charge is -2.30. The van der Waals surface area contributed by atoms with Crippen molar-refractivity contribution < 1.29 is 13.2 Å². The number of sulfonamides is 1. The minimum Gasteiger partial charge on any atom is -0.377 e. The van der Waals surface area contributed by atoms with Gasteiger partial charge < -0.3 is 10.5 Å². The van der Waals surface area contributed by atoms with Crippen LogP contribution < -0.4 is 5.73 Å². The molecule has 1 aliphatic rings. The van der Waals surface area contributed by atoms with E-state index in [1.165, 1.54) is 4.31 Å². The van der Waals surface area contributed by atoms with Crippen molar-refractivity contribution in [1.82, 2.24) is 4.31 Å². The van der Waals surface area contributed by atoms with Gasteiger partial charge in [-0.1, -0.05) is 13.8 Å². The maximum Gasteiger partial charge on any atom is 0.216 e. The van der Waals surface area contributed by atoms with Gasteiger partial charge in [-0.05, 0) is 31.2 Å². The summed E-state index contributed by atoms with van der Waals surface area (Å²) in [6.07, 6.45) is 2.78. The largest absolute Gasteiger partial charge is 0.377 e. The van der Waals surface area contributed by atoms with Gasteiger partial charge in [0.05, 0.1) is 11.9 Å². The summed E-state index contributed by atoms with van der Waals surface area (Å²) in [6.45, 7) is 5.52. The lowest BCUT2D eigenvalue weighted by Crippen LogP contribution is -2.43. The van der Waals surface area contributed by atoms with Crippen LogP contribution in [0.2, 0.25) is 0 Å². The fourth-order valence-corrected chi connectivity index (χ4v) is 3.60. The van der Waals surface area contributed by atoms with Crippen molar-refractivity contribution in [2.45, 2.75) is 39.2 Å².